The Morgan fingerprint density at radius 3 is 2.21 bits per heavy atom. The number of hydrogen-bond acceptors (Lipinski definition) is 6. The van der Waals surface area contributed by atoms with Crippen molar-refractivity contribution >= 4 is 42.6 Å². The SMILES string of the molecule is Cc1cc2nc(N3CCN(C(=O)c4ccc(S(=O)(=O)N5CCCCC5)cc4)CC3)sc2cc1C. The second-order valence-corrected chi connectivity index (χ2v) is 12.1. The Morgan fingerprint density at radius 1 is 0.882 bits per heavy atom. The highest BCUT2D eigenvalue weighted by Gasteiger charge is 2.27. The second-order valence-electron chi connectivity index (χ2n) is 9.17. The number of amides is 1. The number of aryl methyl sites for hydroxylation is 2. The molecule has 0 aliphatic carbocycles. The summed E-state index contributed by atoms with van der Waals surface area (Å²) < 4.78 is 28.5. The first-order valence-corrected chi connectivity index (χ1v) is 14.1. The molecule has 0 bridgehead atoms. The van der Waals surface area contributed by atoms with Gasteiger partial charge in [-0.3, -0.25) is 4.79 Å². The number of fused-ring (bicyclic) bond motifs is 1. The third-order valence-corrected chi connectivity index (χ3v) is 9.88. The molecule has 2 saturated heterocycles. The van der Waals surface area contributed by atoms with E-state index in [1.807, 2.05) is 4.90 Å². The summed E-state index contributed by atoms with van der Waals surface area (Å²) in [5.74, 6) is -0.0582. The van der Waals surface area contributed by atoms with Crippen LogP contribution >= 0.6 is 11.3 Å². The van der Waals surface area contributed by atoms with Crippen molar-refractivity contribution in [3.63, 3.8) is 0 Å². The number of sulfonamides is 1. The molecule has 0 saturated carbocycles. The van der Waals surface area contributed by atoms with E-state index < -0.39 is 10.0 Å². The number of aromatic nitrogens is 1. The molecular formula is C25H30N4O3S2. The van der Waals surface area contributed by atoms with Gasteiger partial charge in [-0.15, -0.1) is 0 Å². The minimum atomic E-state index is -3.49. The van der Waals surface area contributed by atoms with Gasteiger partial charge in [-0.25, -0.2) is 13.4 Å². The van der Waals surface area contributed by atoms with Gasteiger partial charge in [0.1, 0.15) is 0 Å². The van der Waals surface area contributed by atoms with E-state index in [-0.39, 0.29) is 10.8 Å². The first kappa shape index (κ1) is 23.3. The Bertz CT molecular complexity index is 1260. The standard InChI is InChI=1S/C25H30N4O3S2/c1-18-16-22-23(17-19(18)2)33-25(26-22)28-14-12-27(13-15-28)24(30)20-6-8-21(9-7-20)34(31,32)29-10-4-3-5-11-29/h6-9,16-17H,3-5,10-15H2,1-2H3. The van der Waals surface area contributed by atoms with E-state index in [0.29, 0.717) is 31.7 Å². The number of piperidine rings is 1. The van der Waals surface area contributed by atoms with Crippen LogP contribution in [0, 0.1) is 13.8 Å². The summed E-state index contributed by atoms with van der Waals surface area (Å²) in [5, 5.41) is 0.999. The Balaban J connectivity index is 1.23. The van der Waals surface area contributed by atoms with E-state index in [1.54, 1.807) is 39.9 Å². The number of hydrogen-bond donors (Lipinski definition) is 0. The molecule has 2 aliphatic rings. The van der Waals surface area contributed by atoms with Crippen molar-refractivity contribution in [2.24, 2.45) is 0 Å². The second kappa shape index (κ2) is 9.28. The average molecular weight is 499 g/mol. The number of carbonyl (C=O) groups is 1. The summed E-state index contributed by atoms with van der Waals surface area (Å²) in [5.41, 5.74) is 4.07. The maximum absolute atomic E-state index is 13.1. The van der Waals surface area contributed by atoms with E-state index in [9.17, 15) is 13.2 Å². The van der Waals surface area contributed by atoms with Gasteiger partial charge in [0, 0.05) is 44.8 Å². The van der Waals surface area contributed by atoms with Crippen molar-refractivity contribution in [3.05, 3.63) is 53.1 Å². The van der Waals surface area contributed by atoms with Crippen LogP contribution in [-0.2, 0) is 10.0 Å². The number of thiazole rings is 1. The lowest BCUT2D eigenvalue weighted by atomic mass is 10.1. The molecule has 0 unspecified atom stereocenters. The predicted molar refractivity (Wildman–Crippen MR) is 136 cm³/mol. The molecule has 0 N–H and O–H groups in total. The number of carbonyl (C=O) groups excluding carboxylic acids is 1. The van der Waals surface area contributed by atoms with Crippen molar-refractivity contribution in [3.8, 4) is 0 Å². The maximum atomic E-state index is 13.1. The van der Waals surface area contributed by atoms with Gasteiger partial charge < -0.3 is 9.80 Å². The van der Waals surface area contributed by atoms with Gasteiger partial charge in [-0.05, 0) is 74.2 Å². The molecule has 5 rings (SSSR count). The molecule has 1 amide bonds. The van der Waals surface area contributed by atoms with Crippen molar-refractivity contribution in [1.82, 2.24) is 14.2 Å². The van der Waals surface area contributed by atoms with Crippen molar-refractivity contribution < 1.29 is 13.2 Å². The van der Waals surface area contributed by atoms with Gasteiger partial charge in [0.05, 0.1) is 15.1 Å². The van der Waals surface area contributed by atoms with Crippen LogP contribution in [0.1, 0.15) is 40.7 Å². The van der Waals surface area contributed by atoms with Crippen molar-refractivity contribution in [1.29, 1.82) is 0 Å². The van der Waals surface area contributed by atoms with E-state index in [2.05, 4.69) is 30.9 Å². The van der Waals surface area contributed by atoms with Gasteiger partial charge in [0.2, 0.25) is 10.0 Å². The molecule has 0 atom stereocenters. The summed E-state index contributed by atoms with van der Waals surface area (Å²) >= 11 is 1.70. The van der Waals surface area contributed by atoms with Crippen LogP contribution in [0.3, 0.4) is 0 Å². The zero-order chi connectivity index (χ0) is 23.9. The average Bonchev–Trinajstić information content (AvgIpc) is 3.27. The van der Waals surface area contributed by atoms with Crippen LogP contribution in [-0.4, -0.2) is 67.8 Å². The molecule has 180 valence electrons. The van der Waals surface area contributed by atoms with E-state index in [4.69, 9.17) is 4.98 Å². The topological polar surface area (TPSA) is 73.8 Å². The Morgan fingerprint density at radius 2 is 1.53 bits per heavy atom. The Hall–Kier alpha value is -2.49. The van der Waals surface area contributed by atoms with Crippen LogP contribution in [0.25, 0.3) is 10.2 Å². The normalized spacial score (nSPS) is 17.9. The Labute approximate surface area is 205 Å². The van der Waals surface area contributed by atoms with Gasteiger partial charge in [0.25, 0.3) is 5.91 Å². The first-order chi connectivity index (χ1) is 16.3. The number of rotatable bonds is 4. The largest absolute Gasteiger partial charge is 0.345 e. The third kappa shape index (κ3) is 4.44. The van der Waals surface area contributed by atoms with Gasteiger partial charge >= 0.3 is 0 Å². The van der Waals surface area contributed by atoms with Gasteiger partial charge in [-0.1, -0.05) is 17.8 Å². The van der Waals surface area contributed by atoms with Gasteiger partial charge in [-0.2, -0.15) is 4.31 Å². The maximum Gasteiger partial charge on any atom is 0.253 e. The minimum Gasteiger partial charge on any atom is -0.345 e. The van der Waals surface area contributed by atoms with E-state index in [1.165, 1.54) is 15.8 Å². The van der Waals surface area contributed by atoms with Gasteiger partial charge in [0.15, 0.2) is 5.13 Å². The molecule has 3 heterocycles. The molecule has 2 aromatic carbocycles. The summed E-state index contributed by atoms with van der Waals surface area (Å²) in [6.07, 6.45) is 2.88. The van der Waals surface area contributed by atoms with Crippen LogP contribution in [0.15, 0.2) is 41.3 Å². The molecule has 3 aromatic rings. The molecule has 0 radical (unpaired) electrons. The highest BCUT2D eigenvalue weighted by atomic mass is 32.2. The molecule has 2 aliphatic heterocycles. The van der Waals surface area contributed by atoms with E-state index in [0.717, 1.165) is 43.0 Å². The molecule has 2 fully saturated rings. The quantitative estimate of drug-likeness (QED) is 0.543. The fourth-order valence-electron chi connectivity index (χ4n) is 4.61. The molecule has 34 heavy (non-hydrogen) atoms. The molecule has 9 heteroatoms. The molecule has 0 spiro atoms. The number of piperazine rings is 1. The zero-order valence-electron chi connectivity index (χ0n) is 19.7. The molecule has 7 nitrogen and oxygen atoms in total. The highest BCUT2D eigenvalue weighted by molar-refractivity contribution is 7.89. The highest BCUT2D eigenvalue weighted by Crippen LogP contribution is 2.31. The van der Waals surface area contributed by atoms with Crippen molar-refractivity contribution in [2.75, 3.05) is 44.2 Å². The molecular weight excluding hydrogens is 468 g/mol. The lowest BCUT2D eigenvalue weighted by Crippen LogP contribution is -2.48. The van der Waals surface area contributed by atoms with Crippen molar-refractivity contribution in [2.45, 2.75) is 38.0 Å². The summed E-state index contributed by atoms with van der Waals surface area (Å²) in [6, 6.07) is 10.8. The zero-order valence-corrected chi connectivity index (χ0v) is 21.3. The summed E-state index contributed by atoms with van der Waals surface area (Å²) in [6.45, 7) is 8.04. The van der Waals surface area contributed by atoms with Crippen LogP contribution < -0.4 is 4.90 Å². The third-order valence-electron chi connectivity index (χ3n) is 6.88. The summed E-state index contributed by atoms with van der Waals surface area (Å²) in [7, 11) is -3.49. The minimum absolute atomic E-state index is 0.0582. The monoisotopic (exact) mass is 498 g/mol. The van der Waals surface area contributed by atoms with Crippen LogP contribution in [0.5, 0.6) is 0 Å². The predicted octanol–water partition coefficient (Wildman–Crippen LogP) is 4.05. The first-order valence-electron chi connectivity index (χ1n) is 11.9. The smallest absolute Gasteiger partial charge is 0.253 e. The van der Waals surface area contributed by atoms with Crippen LogP contribution in [0.4, 0.5) is 5.13 Å². The number of benzene rings is 2. The Kier molecular flexibility index (Phi) is 6.35. The fourth-order valence-corrected chi connectivity index (χ4v) is 7.22. The fraction of sp³-hybridized carbons (Fsp3) is 0.440. The number of nitrogens with zero attached hydrogens (tertiary/aromatic N) is 4. The summed E-state index contributed by atoms with van der Waals surface area (Å²) in [4.78, 5) is 22.2. The van der Waals surface area contributed by atoms with E-state index >= 15 is 0 Å². The lowest BCUT2D eigenvalue weighted by Gasteiger charge is -2.34. The number of anilines is 1. The van der Waals surface area contributed by atoms with Crippen LogP contribution in [0.2, 0.25) is 0 Å². The lowest BCUT2D eigenvalue weighted by molar-refractivity contribution is 0.0746. The molecule has 1 aromatic heterocycles.